The van der Waals surface area contributed by atoms with Crippen LogP contribution in [0.4, 0.5) is 10.1 Å². The Morgan fingerprint density at radius 2 is 2.12 bits per heavy atom. The molecule has 0 atom stereocenters. The highest BCUT2D eigenvalue weighted by atomic mass is 19.1. The summed E-state index contributed by atoms with van der Waals surface area (Å²) >= 11 is 0. The average molecular weight is 342 g/mol. The van der Waals surface area contributed by atoms with Crippen molar-refractivity contribution in [2.45, 2.75) is 31.8 Å². The van der Waals surface area contributed by atoms with Gasteiger partial charge in [-0.05, 0) is 31.0 Å². The smallest absolute Gasteiger partial charge is 0.326 e. The van der Waals surface area contributed by atoms with Crippen molar-refractivity contribution in [2.75, 3.05) is 5.32 Å². The van der Waals surface area contributed by atoms with Crippen LogP contribution in [0, 0.1) is 17.1 Å². The minimum absolute atomic E-state index is 0.00701. The van der Waals surface area contributed by atoms with Crippen LogP contribution in [0.2, 0.25) is 0 Å². The Balaban J connectivity index is 1.78. The number of nitrogens with one attached hydrogen (secondary N) is 1. The van der Waals surface area contributed by atoms with Gasteiger partial charge in [0, 0.05) is 30.9 Å². The minimum Gasteiger partial charge on any atom is -0.326 e. The van der Waals surface area contributed by atoms with E-state index in [9.17, 15) is 18.8 Å². The number of amides is 1. The molecule has 1 amide bonds. The Kier molecular flexibility index (Phi) is 4.48. The second kappa shape index (κ2) is 6.73. The van der Waals surface area contributed by atoms with Gasteiger partial charge in [-0.3, -0.25) is 18.7 Å². The second-order valence-corrected chi connectivity index (χ2v) is 5.84. The van der Waals surface area contributed by atoms with Crippen molar-refractivity contribution in [2.24, 2.45) is 0 Å². The number of nitrogens with zero attached hydrogens (tertiary/aromatic N) is 3. The number of halogens is 1. The van der Waals surface area contributed by atoms with Crippen molar-refractivity contribution < 1.29 is 9.18 Å². The summed E-state index contributed by atoms with van der Waals surface area (Å²) in [6.45, 7) is -0.152. The number of hydrogen-bond donors (Lipinski definition) is 1. The molecule has 7 nitrogen and oxygen atoms in total. The summed E-state index contributed by atoms with van der Waals surface area (Å²) in [6, 6.07) is 7.20. The normalized spacial score (nSPS) is 13.3. The standard InChI is InChI=1S/C17H15FN4O3/c18-12-2-1-3-13(8-12)20-15(23)6-7-21-16(24)11(9-19)10-22(17(21)25)14-4-5-14/h1-3,8,10,14H,4-7H2,(H,20,23). The summed E-state index contributed by atoms with van der Waals surface area (Å²) < 4.78 is 15.4. The topological polar surface area (TPSA) is 96.9 Å². The highest BCUT2D eigenvalue weighted by Gasteiger charge is 2.26. The molecule has 1 heterocycles. The lowest BCUT2D eigenvalue weighted by atomic mass is 10.3. The zero-order valence-corrected chi connectivity index (χ0v) is 13.2. The van der Waals surface area contributed by atoms with Gasteiger partial charge in [0.25, 0.3) is 5.56 Å². The largest absolute Gasteiger partial charge is 0.331 e. The summed E-state index contributed by atoms with van der Waals surface area (Å²) in [4.78, 5) is 36.5. The first-order valence-electron chi connectivity index (χ1n) is 7.81. The van der Waals surface area contributed by atoms with Crippen molar-refractivity contribution in [3.05, 3.63) is 62.7 Å². The first kappa shape index (κ1) is 16.6. The summed E-state index contributed by atoms with van der Waals surface area (Å²) in [5.74, 6) is -0.944. The molecule has 1 fully saturated rings. The molecule has 2 aromatic rings. The van der Waals surface area contributed by atoms with Gasteiger partial charge in [0.1, 0.15) is 17.4 Å². The second-order valence-electron chi connectivity index (χ2n) is 5.84. The molecular formula is C17H15FN4O3. The molecule has 0 bridgehead atoms. The van der Waals surface area contributed by atoms with E-state index in [1.165, 1.54) is 35.0 Å². The molecule has 0 radical (unpaired) electrons. The van der Waals surface area contributed by atoms with E-state index in [-0.39, 0.29) is 24.6 Å². The predicted octanol–water partition coefficient (Wildman–Crippen LogP) is 1.38. The number of carbonyl (C=O) groups excluding carboxylic acids is 1. The van der Waals surface area contributed by atoms with E-state index in [4.69, 9.17) is 5.26 Å². The molecule has 1 aliphatic carbocycles. The van der Waals surface area contributed by atoms with E-state index >= 15 is 0 Å². The quantitative estimate of drug-likeness (QED) is 0.888. The monoisotopic (exact) mass is 342 g/mol. The summed E-state index contributed by atoms with van der Waals surface area (Å²) in [6.07, 6.45) is 2.78. The number of rotatable bonds is 5. The van der Waals surface area contributed by atoms with Crippen LogP contribution in [0.5, 0.6) is 0 Å². The maximum atomic E-state index is 13.1. The van der Waals surface area contributed by atoms with Gasteiger partial charge >= 0.3 is 5.69 Å². The molecule has 1 aromatic carbocycles. The maximum absolute atomic E-state index is 13.1. The number of nitriles is 1. The van der Waals surface area contributed by atoms with Crippen LogP contribution >= 0.6 is 0 Å². The lowest BCUT2D eigenvalue weighted by Crippen LogP contribution is -2.41. The zero-order chi connectivity index (χ0) is 18.0. The van der Waals surface area contributed by atoms with Gasteiger partial charge in [0.2, 0.25) is 5.91 Å². The van der Waals surface area contributed by atoms with Crippen LogP contribution < -0.4 is 16.6 Å². The van der Waals surface area contributed by atoms with E-state index in [2.05, 4.69) is 5.32 Å². The maximum Gasteiger partial charge on any atom is 0.331 e. The number of benzene rings is 1. The van der Waals surface area contributed by atoms with E-state index in [1.807, 2.05) is 0 Å². The fraction of sp³-hybridized carbons (Fsp3) is 0.294. The van der Waals surface area contributed by atoms with E-state index in [0.29, 0.717) is 5.69 Å². The Morgan fingerprint density at radius 3 is 2.76 bits per heavy atom. The lowest BCUT2D eigenvalue weighted by molar-refractivity contribution is -0.116. The Bertz CT molecular complexity index is 983. The summed E-state index contributed by atoms with van der Waals surface area (Å²) in [5, 5.41) is 11.6. The van der Waals surface area contributed by atoms with Gasteiger partial charge in [-0.15, -0.1) is 0 Å². The van der Waals surface area contributed by atoms with Crippen LogP contribution in [0.3, 0.4) is 0 Å². The number of hydrogen-bond acceptors (Lipinski definition) is 4. The van der Waals surface area contributed by atoms with Crippen LogP contribution in [-0.2, 0) is 11.3 Å². The zero-order valence-electron chi connectivity index (χ0n) is 13.2. The number of anilines is 1. The Labute approximate surface area is 141 Å². The van der Waals surface area contributed by atoms with Crippen molar-refractivity contribution in [3.8, 4) is 6.07 Å². The molecule has 128 valence electrons. The molecule has 1 aliphatic rings. The SMILES string of the molecule is N#Cc1cn(C2CC2)c(=O)n(CCC(=O)Nc2cccc(F)c2)c1=O. The van der Waals surface area contributed by atoms with Crippen LogP contribution in [0.1, 0.15) is 30.9 Å². The summed E-state index contributed by atoms with van der Waals surface area (Å²) in [5.41, 5.74) is -1.07. The van der Waals surface area contributed by atoms with Gasteiger partial charge in [-0.25, -0.2) is 9.18 Å². The predicted molar refractivity (Wildman–Crippen MR) is 87.6 cm³/mol. The third kappa shape index (κ3) is 3.66. The van der Waals surface area contributed by atoms with Crippen LogP contribution in [-0.4, -0.2) is 15.0 Å². The molecule has 8 heteroatoms. The highest BCUT2D eigenvalue weighted by molar-refractivity contribution is 5.90. The number of carbonyl (C=O) groups is 1. The van der Waals surface area contributed by atoms with E-state index < -0.39 is 23.0 Å². The third-order valence-electron chi connectivity index (χ3n) is 3.93. The van der Waals surface area contributed by atoms with Gasteiger partial charge < -0.3 is 5.32 Å². The Morgan fingerprint density at radius 1 is 1.36 bits per heavy atom. The van der Waals surface area contributed by atoms with Gasteiger partial charge in [0.05, 0.1) is 0 Å². The van der Waals surface area contributed by atoms with Crippen molar-refractivity contribution in [1.82, 2.24) is 9.13 Å². The fourth-order valence-corrected chi connectivity index (χ4v) is 2.51. The highest BCUT2D eigenvalue weighted by Crippen LogP contribution is 2.33. The molecule has 0 unspecified atom stereocenters. The molecule has 1 N–H and O–H groups in total. The van der Waals surface area contributed by atoms with Gasteiger partial charge in [-0.1, -0.05) is 6.07 Å². The average Bonchev–Trinajstić information content (AvgIpc) is 3.40. The molecule has 3 rings (SSSR count). The number of aromatic nitrogens is 2. The van der Waals surface area contributed by atoms with E-state index in [0.717, 1.165) is 17.4 Å². The van der Waals surface area contributed by atoms with Crippen molar-refractivity contribution in [3.63, 3.8) is 0 Å². The van der Waals surface area contributed by atoms with E-state index in [1.54, 1.807) is 6.07 Å². The minimum atomic E-state index is -0.706. The van der Waals surface area contributed by atoms with Crippen LogP contribution in [0.25, 0.3) is 0 Å². The molecule has 0 saturated heterocycles. The third-order valence-corrected chi connectivity index (χ3v) is 3.93. The molecule has 0 aliphatic heterocycles. The van der Waals surface area contributed by atoms with Gasteiger partial charge in [-0.2, -0.15) is 5.26 Å². The fourth-order valence-electron chi connectivity index (χ4n) is 2.51. The Hall–Kier alpha value is -3.21. The lowest BCUT2D eigenvalue weighted by Gasteiger charge is -2.10. The molecule has 1 saturated carbocycles. The first-order chi connectivity index (χ1) is 12.0. The summed E-state index contributed by atoms with van der Waals surface area (Å²) in [7, 11) is 0. The molecule has 25 heavy (non-hydrogen) atoms. The van der Waals surface area contributed by atoms with Crippen molar-refractivity contribution in [1.29, 1.82) is 5.26 Å². The first-order valence-corrected chi connectivity index (χ1v) is 7.81. The molecular weight excluding hydrogens is 327 g/mol. The molecule has 1 aromatic heterocycles. The van der Waals surface area contributed by atoms with Gasteiger partial charge in [0.15, 0.2) is 0 Å². The van der Waals surface area contributed by atoms with Crippen molar-refractivity contribution >= 4 is 11.6 Å². The molecule has 0 spiro atoms. The van der Waals surface area contributed by atoms with Crippen LogP contribution in [0.15, 0.2) is 40.1 Å².